The van der Waals surface area contributed by atoms with E-state index in [2.05, 4.69) is 5.32 Å². The number of halogens is 1. The maximum atomic E-state index is 13.2. The standard InChI is InChI=1S/C22H25FN2O3/c1-28-12-11-24-21(26)19-13-18(16-5-3-2-4-6-16)14-25(15-19)22(27)17-7-9-20(23)10-8-17/h2-10,18-19H,11-15H2,1H3,(H,24,26)/t18-,19+/m0/s1. The van der Waals surface area contributed by atoms with Crippen molar-refractivity contribution in [3.05, 3.63) is 71.5 Å². The number of hydrogen-bond donors (Lipinski definition) is 1. The molecule has 1 aliphatic heterocycles. The van der Waals surface area contributed by atoms with Crippen molar-refractivity contribution < 1.29 is 18.7 Å². The van der Waals surface area contributed by atoms with Crippen LogP contribution in [0.15, 0.2) is 54.6 Å². The Kier molecular flexibility index (Phi) is 6.76. The first kappa shape index (κ1) is 20.0. The minimum Gasteiger partial charge on any atom is -0.383 e. The van der Waals surface area contributed by atoms with E-state index in [1.54, 1.807) is 12.0 Å². The average Bonchev–Trinajstić information content (AvgIpc) is 2.74. The highest BCUT2D eigenvalue weighted by Crippen LogP contribution is 2.31. The molecule has 0 unspecified atom stereocenters. The van der Waals surface area contributed by atoms with Crippen LogP contribution in [-0.2, 0) is 9.53 Å². The number of carbonyl (C=O) groups is 2. The van der Waals surface area contributed by atoms with Gasteiger partial charge in [0.15, 0.2) is 0 Å². The Morgan fingerprint density at radius 1 is 1.11 bits per heavy atom. The third kappa shape index (κ3) is 4.95. The molecular formula is C22H25FN2O3. The molecule has 5 nitrogen and oxygen atoms in total. The summed E-state index contributed by atoms with van der Waals surface area (Å²) in [5, 5.41) is 2.88. The van der Waals surface area contributed by atoms with Crippen molar-refractivity contribution in [3.63, 3.8) is 0 Å². The van der Waals surface area contributed by atoms with Gasteiger partial charge in [0.1, 0.15) is 5.82 Å². The van der Waals surface area contributed by atoms with Gasteiger partial charge < -0.3 is 15.0 Å². The monoisotopic (exact) mass is 384 g/mol. The Balaban J connectivity index is 1.79. The molecule has 2 atom stereocenters. The number of nitrogens with one attached hydrogen (secondary N) is 1. The smallest absolute Gasteiger partial charge is 0.253 e. The van der Waals surface area contributed by atoms with E-state index in [9.17, 15) is 14.0 Å². The summed E-state index contributed by atoms with van der Waals surface area (Å²) in [6.45, 7) is 1.76. The third-order valence-corrected chi connectivity index (χ3v) is 5.08. The van der Waals surface area contributed by atoms with Gasteiger partial charge >= 0.3 is 0 Å². The van der Waals surface area contributed by atoms with Crippen LogP contribution in [-0.4, -0.2) is 50.1 Å². The minimum atomic E-state index is -0.382. The van der Waals surface area contributed by atoms with Gasteiger partial charge in [-0.2, -0.15) is 0 Å². The number of hydrogen-bond acceptors (Lipinski definition) is 3. The molecular weight excluding hydrogens is 359 g/mol. The Labute approximate surface area is 164 Å². The van der Waals surface area contributed by atoms with Crippen LogP contribution in [0, 0.1) is 11.7 Å². The summed E-state index contributed by atoms with van der Waals surface area (Å²) in [4.78, 5) is 27.3. The molecule has 1 saturated heterocycles. The summed E-state index contributed by atoms with van der Waals surface area (Å²) in [5.41, 5.74) is 1.53. The van der Waals surface area contributed by atoms with Crippen LogP contribution in [0.1, 0.15) is 28.3 Å². The van der Waals surface area contributed by atoms with Gasteiger partial charge in [0, 0.05) is 38.2 Å². The molecule has 1 aliphatic rings. The highest BCUT2D eigenvalue weighted by atomic mass is 19.1. The lowest BCUT2D eigenvalue weighted by atomic mass is 9.83. The van der Waals surface area contributed by atoms with Crippen LogP contribution >= 0.6 is 0 Å². The molecule has 0 radical (unpaired) electrons. The molecule has 0 saturated carbocycles. The Morgan fingerprint density at radius 2 is 1.82 bits per heavy atom. The van der Waals surface area contributed by atoms with Crippen LogP contribution < -0.4 is 5.32 Å². The molecule has 0 spiro atoms. The lowest BCUT2D eigenvalue weighted by Gasteiger charge is -2.37. The topological polar surface area (TPSA) is 58.6 Å². The molecule has 6 heteroatoms. The molecule has 28 heavy (non-hydrogen) atoms. The largest absolute Gasteiger partial charge is 0.383 e. The van der Waals surface area contributed by atoms with Crippen molar-refractivity contribution >= 4 is 11.8 Å². The fourth-order valence-electron chi connectivity index (χ4n) is 3.62. The van der Waals surface area contributed by atoms with Crippen molar-refractivity contribution in [1.29, 1.82) is 0 Å². The molecule has 2 amide bonds. The second kappa shape index (κ2) is 9.46. The molecule has 0 aromatic heterocycles. The third-order valence-electron chi connectivity index (χ3n) is 5.08. The zero-order chi connectivity index (χ0) is 19.9. The van der Waals surface area contributed by atoms with Gasteiger partial charge in [-0.3, -0.25) is 9.59 Å². The first-order valence-electron chi connectivity index (χ1n) is 9.45. The molecule has 148 valence electrons. The first-order chi connectivity index (χ1) is 13.6. The Morgan fingerprint density at radius 3 is 2.50 bits per heavy atom. The fourth-order valence-corrected chi connectivity index (χ4v) is 3.62. The number of benzene rings is 2. The summed E-state index contributed by atoms with van der Waals surface area (Å²) in [6, 6.07) is 15.4. The van der Waals surface area contributed by atoms with Gasteiger partial charge in [-0.05, 0) is 36.2 Å². The molecule has 1 fully saturated rings. The second-order valence-corrected chi connectivity index (χ2v) is 7.04. The van der Waals surface area contributed by atoms with Crippen molar-refractivity contribution in [2.75, 3.05) is 33.4 Å². The molecule has 2 aromatic carbocycles. The number of ether oxygens (including phenoxy) is 1. The van der Waals surface area contributed by atoms with E-state index in [4.69, 9.17) is 4.74 Å². The van der Waals surface area contributed by atoms with Gasteiger partial charge in [0.2, 0.25) is 5.91 Å². The van der Waals surface area contributed by atoms with Crippen LogP contribution in [0.3, 0.4) is 0 Å². The summed E-state index contributed by atoms with van der Waals surface area (Å²) >= 11 is 0. The number of nitrogens with zero attached hydrogens (tertiary/aromatic N) is 1. The predicted molar refractivity (Wildman–Crippen MR) is 104 cm³/mol. The van der Waals surface area contributed by atoms with E-state index in [0.29, 0.717) is 38.2 Å². The molecule has 2 aromatic rings. The van der Waals surface area contributed by atoms with Crippen molar-refractivity contribution in [1.82, 2.24) is 10.2 Å². The quantitative estimate of drug-likeness (QED) is 0.779. The highest BCUT2D eigenvalue weighted by molar-refractivity contribution is 5.94. The fraction of sp³-hybridized carbons (Fsp3) is 0.364. The van der Waals surface area contributed by atoms with Crippen LogP contribution in [0.4, 0.5) is 4.39 Å². The van der Waals surface area contributed by atoms with E-state index in [1.165, 1.54) is 24.3 Å². The van der Waals surface area contributed by atoms with E-state index in [-0.39, 0.29) is 29.5 Å². The van der Waals surface area contributed by atoms with Crippen molar-refractivity contribution in [3.8, 4) is 0 Å². The lowest BCUT2D eigenvalue weighted by Crippen LogP contribution is -2.48. The summed E-state index contributed by atoms with van der Waals surface area (Å²) in [6.07, 6.45) is 0.677. The number of rotatable bonds is 6. The molecule has 0 aliphatic carbocycles. The zero-order valence-electron chi connectivity index (χ0n) is 15.9. The van der Waals surface area contributed by atoms with Crippen LogP contribution in [0.5, 0.6) is 0 Å². The van der Waals surface area contributed by atoms with Gasteiger partial charge in [-0.1, -0.05) is 30.3 Å². The van der Waals surface area contributed by atoms with Gasteiger partial charge in [0.05, 0.1) is 12.5 Å². The van der Waals surface area contributed by atoms with Crippen molar-refractivity contribution in [2.24, 2.45) is 5.92 Å². The zero-order valence-corrected chi connectivity index (χ0v) is 15.9. The minimum absolute atomic E-state index is 0.0672. The SMILES string of the molecule is COCCNC(=O)[C@@H]1C[C@H](c2ccccc2)CN(C(=O)c2ccc(F)cc2)C1. The number of piperidine rings is 1. The van der Waals surface area contributed by atoms with Gasteiger partial charge in [-0.25, -0.2) is 4.39 Å². The first-order valence-corrected chi connectivity index (χ1v) is 9.45. The van der Waals surface area contributed by atoms with Gasteiger partial charge in [-0.15, -0.1) is 0 Å². The van der Waals surface area contributed by atoms with Crippen LogP contribution in [0.25, 0.3) is 0 Å². The molecule has 1 heterocycles. The molecule has 3 rings (SSSR count). The van der Waals surface area contributed by atoms with E-state index >= 15 is 0 Å². The number of methoxy groups -OCH3 is 1. The average molecular weight is 384 g/mol. The normalized spacial score (nSPS) is 19.3. The van der Waals surface area contributed by atoms with E-state index in [0.717, 1.165) is 5.56 Å². The summed E-state index contributed by atoms with van der Waals surface area (Å²) in [7, 11) is 1.58. The van der Waals surface area contributed by atoms with Gasteiger partial charge in [0.25, 0.3) is 5.91 Å². The second-order valence-electron chi connectivity index (χ2n) is 7.04. The molecule has 1 N–H and O–H groups in total. The Hall–Kier alpha value is -2.73. The summed E-state index contributed by atoms with van der Waals surface area (Å²) < 4.78 is 18.2. The van der Waals surface area contributed by atoms with Crippen molar-refractivity contribution in [2.45, 2.75) is 12.3 Å². The van der Waals surface area contributed by atoms with E-state index < -0.39 is 0 Å². The highest BCUT2D eigenvalue weighted by Gasteiger charge is 2.34. The number of likely N-dealkylation sites (tertiary alicyclic amines) is 1. The number of amides is 2. The lowest BCUT2D eigenvalue weighted by molar-refractivity contribution is -0.126. The van der Waals surface area contributed by atoms with Crippen LogP contribution in [0.2, 0.25) is 0 Å². The number of carbonyl (C=O) groups excluding carboxylic acids is 2. The predicted octanol–water partition coefficient (Wildman–Crippen LogP) is 2.83. The Bertz CT molecular complexity index is 795. The van der Waals surface area contributed by atoms with E-state index in [1.807, 2.05) is 30.3 Å². The maximum absolute atomic E-state index is 13.2. The maximum Gasteiger partial charge on any atom is 0.253 e. The molecule has 0 bridgehead atoms. The summed E-state index contributed by atoms with van der Waals surface area (Å²) in [5.74, 6) is -0.879.